The molecule has 3 atom stereocenters. The molecule has 0 aliphatic heterocycles. The zero-order valence-corrected chi connectivity index (χ0v) is 12.5. The van der Waals surface area contributed by atoms with Crippen LogP contribution in [0.2, 0.25) is 0 Å². The fraction of sp³-hybridized carbons (Fsp3) is 0.800. The fourth-order valence-corrected chi connectivity index (χ4v) is 2.20. The second-order valence-corrected chi connectivity index (χ2v) is 4.82. The summed E-state index contributed by atoms with van der Waals surface area (Å²) in [6.45, 7) is 6.24. The van der Waals surface area contributed by atoms with Crippen LogP contribution in [0.5, 0.6) is 0 Å². The number of rotatable bonds is 10. The van der Waals surface area contributed by atoms with Crippen molar-refractivity contribution < 1.29 is 9.53 Å². The highest BCUT2D eigenvalue weighted by Gasteiger charge is 2.29. The van der Waals surface area contributed by atoms with Crippen molar-refractivity contribution in [3.8, 4) is 0 Å². The van der Waals surface area contributed by atoms with E-state index in [9.17, 15) is 4.79 Å². The molecule has 0 fully saturated rings. The van der Waals surface area contributed by atoms with E-state index in [1.807, 2.05) is 20.0 Å². The molecule has 106 valence electrons. The number of ether oxygens (including phenoxy) is 1. The van der Waals surface area contributed by atoms with Crippen LogP contribution in [0.4, 0.5) is 0 Å². The van der Waals surface area contributed by atoms with Gasteiger partial charge in [0.25, 0.3) is 0 Å². The minimum absolute atomic E-state index is 0.0597. The summed E-state index contributed by atoms with van der Waals surface area (Å²) in [5, 5.41) is 3.12. The molecule has 3 heteroatoms. The molecule has 0 aromatic carbocycles. The van der Waals surface area contributed by atoms with Gasteiger partial charge < -0.3 is 10.1 Å². The van der Waals surface area contributed by atoms with Gasteiger partial charge >= 0.3 is 0 Å². The predicted octanol–water partition coefficient (Wildman–Crippen LogP) is 2.95. The maximum Gasteiger partial charge on any atom is 0.152 e. The van der Waals surface area contributed by atoms with Crippen LogP contribution in [0.15, 0.2) is 12.2 Å². The Morgan fingerprint density at radius 1 is 1.44 bits per heavy atom. The summed E-state index contributed by atoms with van der Waals surface area (Å²) in [5.74, 6) is 0.591. The average molecular weight is 255 g/mol. The fourth-order valence-electron chi connectivity index (χ4n) is 2.20. The average Bonchev–Trinajstić information content (AvgIpc) is 2.39. The van der Waals surface area contributed by atoms with Crippen LogP contribution >= 0.6 is 0 Å². The first-order chi connectivity index (χ1) is 8.62. The van der Waals surface area contributed by atoms with Crippen LogP contribution < -0.4 is 5.32 Å². The van der Waals surface area contributed by atoms with Gasteiger partial charge in [-0.15, -0.1) is 0 Å². The Balaban J connectivity index is 4.59. The topological polar surface area (TPSA) is 38.3 Å². The zero-order chi connectivity index (χ0) is 14.0. The second-order valence-electron chi connectivity index (χ2n) is 4.82. The molecule has 0 spiro atoms. The van der Waals surface area contributed by atoms with Crippen molar-refractivity contribution in [2.24, 2.45) is 5.92 Å². The number of carbonyl (C=O) groups excluding carboxylic acids is 1. The largest absolute Gasteiger partial charge is 0.379 e. The van der Waals surface area contributed by atoms with E-state index in [4.69, 9.17) is 4.74 Å². The van der Waals surface area contributed by atoms with Crippen molar-refractivity contribution in [3.05, 3.63) is 12.2 Å². The molecule has 0 aliphatic rings. The highest BCUT2D eigenvalue weighted by molar-refractivity contribution is 5.84. The van der Waals surface area contributed by atoms with Gasteiger partial charge in [-0.1, -0.05) is 32.4 Å². The maximum atomic E-state index is 12.2. The minimum Gasteiger partial charge on any atom is -0.379 e. The van der Waals surface area contributed by atoms with E-state index in [-0.39, 0.29) is 17.9 Å². The van der Waals surface area contributed by atoms with Crippen molar-refractivity contribution in [1.82, 2.24) is 5.32 Å². The predicted molar refractivity (Wildman–Crippen MR) is 76.8 cm³/mol. The van der Waals surface area contributed by atoms with Gasteiger partial charge in [-0.25, -0.2) is 0 Å². The molecule has 0 rings (SSSR count). The van der Waals surface area contributed by atoms with Crippen molar-refractivity contribution in [1.29, 1.82) is 0 Å². The lowest BCUT2D eigenvalue weighted by Gasteiger charge is -2.29. The number of methoxy groups -OCH3 is 1. The summed E-state index contributed by atoms with van der Waals surface area (Å²) < 4.78 is 5.55. The number of Topliss-reactive ketones (excluding diaryl/α,β-unsaturated/α-hetero) is 1. The molecule has 0 radical (unpaired) electrons. The lowest BCUT2D eigenvalue weighted by Crippen LogP contribution is -2.48. The van der Waals surface area contributed by atoms with Crippen molar-refractivity contribution in [2.75, 3.05) is 14.2 Å². The lowest BCUT2D eigenvalue weighted by atomic mass is 9.90. The van der Waals surface area contributed by atoms with Gasteiger partial charge in [0.15, 0.2) is 5.78 Å². The molecule has 0 aliphatic carbocycles. The number of hydrogen-bond donors (Lipinski definition) is 1. The van der Waals surface area contributed by atoms with E-state index in [2.05, 4.69) is 25.2 Å². The van der Waals surface area contributed by atoms with Gasteiger partial charge in [0.1, 0.15) is 0 Å². The molecule has 0 heterocycles. The number of allylic oxidation sites excluding steroid dienone is 2. The molecular weight excluding hydrogens is 226 g/mol. The number of nitrogens with one attached hydrogen (secondary N) is 1. The molecule has 0 saturated carbocycles. The molecule has 0 amide bonds. The standard InChI is InChI=1S/C15H29NO2/c1-6-8-10-12(3)15(18-5)14(16-4)13(17)11-9-7-2/h6,8,12,14-16H,7,9-11H2,1-5H3/b8-6+/t12-,14?,15-/m1/s1. The van der Waals surface area contributed by atoms with Crippen LogP contribution in [0.1, 0.15) is 46.5 Å². The summed E-state index contributed by atoms with van der Waals surface area (Å²) in [6.07, 6.45) is 7.68. The second kappa shape index (κ2) is 10.3. The highest BCUT2D eigenvalue weighted by Crippen LogP contribution is 2.17. The normalized spacial score (nSPS) is 16.7. The summed E-state index contributed by atoms with van der Waals surface area (Å²) in [5.41, 5.74) is 0. The monoisotopic (exact) mass is 255 g/mol. The summed E-state index contributed by atoms with van der Waals surface area (Å²) in [4.78, 5) is 12.2. The van der Waals surface area contributed by atoms with Crippen molar-refractivity contribution in [2.45, 2.75) is 58.6 Å². The highest BCUT2D eigenvalue weighted by atomic mass is 16.5. The molecule has 18 heavy (non-hydrogen) atoms. The Hall–Kier alpha value is -0.670. The lowest BCUT2D eigenvalue weighted by molar-refractivity contribution is -0.125. The summed E-state index contributed by atoms with van der Waals surface area (Å²) in [6, 6.07) is -0.193. The van der Waals surface area contributed by atoms with Crippen LogP contribution in [0.3, 0.4) is 0 Å². The third kappa shape index (κ3) is 5.78. The molecule has 0 aromatic rings. The Bertz CT molecular complexity index is 251. The number of ketones is 1. The van der Waals surface area contributed by atoms with Crippen LogP contribution in [-0.2, 0) is 9.53 Å². The molecule has 1 unspecified atom stereocenters. The van der Waals surface area contributed by atoms with Gasteiger partial charge in [-0.2, -0.15) is 0 Å². The van der Waals surface area contributed by atoms with E-state index >= 15 is 0 Å². The summed E-state index contributed by atoms with van der Waals surface area (Å²) >= 11 is 0. The van der Waals surface area contributed by atoms with E-state index in [1.165, 1.54) is 0 Å². The first kappa shape index (κ1) is 17.3. The Labute approximate surface area is 112 Å². The van der Waals surface area contributed by atoms with Crippen molar-refractivity contribution in [3.63, 3.8) is 0 Å². The summed E-state index contributed by atoms with van der Waals surface area (Å²) in [7, 11) is 3.52. The van der Waals surface area contributed by atoms with Gasteiger partial charge in [0.2, 0.25) is 0 Å². The molecule has 3 nitrogen and oxygen atoms in total. The number of carbonyl (C=O) groups is 1. The molecule has 1 N–H and O–H groups in total. The maximum absolute atomic E-state index is 12.2. The van der Waals surface area contributed by atoms with Gasteiger partial charge in [0, 0.05) is 13.5 Å². The SMILES string of the molecule is C/C=C/C[C@@H](C)[C@@H](OC)C(NC)C(=O)CCCC. The van der Waals surface area contributed by atoms with Gasteiger partial charge in [0.05, 0.1) is 12.1 Å². The number of likely N-dealkylation sites (N-methyl/N-ethyl adjacent to an activating group) is 1. The van der Waals surface area contributed by atoms with E-state index in [1.54, 1.807) is 7.11 Å². The molecular formula is C15H29NO2. The Kier molecular flexibility index (Phi) is 9.89. The third-order valence-electron chi connectivity index (χ3n) is 3.34. The van der Waals surface area contributed by atoms with E-state index < -0.39 is 0 Å². The first-order valence-corrected chi connectivity index (χ1v) is 6.96. The van der Waals surface area contributed by atoms with Gasteiger partial charge in [-0.3, -0.25) is 4.79 Å². The zero-order valence-electron chi connectivity index (χ0n) is 12.5. The van der Waals surface area contributed by atoms with E-state index in [0.29, 0.717) is 12.3 Å². The number of unbranched alkanes of at least 4 members (excludes halogenated alkanes) is 1. The van der Waals surface area contributed by atoms with Crippen LogP contribution in [-0.4, -0.2) is 32.1 Å². The van der Waals surface area contributed by atoms with Crippen molar-refractivity contribution >= 4 is 5.78 Å². The third-order valence-corrected chi connectivity index (χ3v) is 3.34. The van der Waals surface area contributed by atoms with Crippen LogP contribution in [0.25, 0.3) is 0 Å². The van der Waals surface area contributed by atoms with E-state index in [0.717, 1.165) is 19.3 Å². The Morgan fingerprint density at radius 3 is 2.56 bits per heavy atom. The quantitative estimate of drug-likeness (QED) is 0.610. The first-order valence-electron chi connectivity index (χ1n) is 6.96. The molecule has 0 aromatic heterocycles. The molecule has 0 saturated heterocycles. The van der Waals surface area contributed by atoms with Gasteiger partial charge in [-0.05, 0) is 32.7 Å². The van der Waals surface area contributed by atoms with Crippen LogP contribution in [0, 0.1) is 5.92 Å². The smallest absolute Gasteiger partial charge is 0.152 e. The minimum atomic E-state index is -0.193. The molecule has 0 bridgehead atoms. The Morgan fingerprint density at radius 2 is 2.11 bits per heavy atom. The number of hydrogen-bond acceptors (Lipinski definition) is 3.